The van der Waals surface area contributed by atoms with Gasteiger partial charge in [-0.25, -0.2) is 8.42 Å². The van der Waals surface area contributed by atoms with Crippen LogP contribution in [0.1, 0.15) is 77.6 Å². The highest BCUT2D eigenvalue weighted by Crippen LogP contribution is 2.22. The molecule has 4 amide bonds. The highest BCUT2D eigenvalue weighted by Gasteiger charge is 2.29. The summed E-state index contributed by atoms with van der Waals surface area (Å²) >= 11 is 0. The van der Waals surface area contributed by atoms with Crippen LogP contribution in [-0.2, 0) is 32.5 Å². The molecule has 304 valence electrons. The minimum atomic E-state index is -3.75. The second kappa shape index (κ2) is 21.1. The van der Waals surface area contributed by atoms with E-state index >= 15 is 0 Å². The Hall–Kier alpha value is -5.53. The zero-order chi connectivity index (χ0) is 41.5. The van der Waals surface area contributed by atoms with E-state index in [1.165, 1.54) is 25.2 Å². The fourth-order valence-electron chi connectivity index (χ4n) is 6.33. The monoisotopic (exact) mass is 796 g/mol. The molecule has 0 unspecified atom stereocenters. The third-order valence-corrected chi connectivity index (χ3v) is 10.9. The maximum atomic E-state index is 14.2. The number of sulfonamides is 1. The molecule has 0 spiro atoms. The van der Waals surface area contributed by atoms with Crippen molar-refractivity contribution in [1.82, 2.24) is 26.6 Å². The molecule has 0 saturated carbocycles. The number of carbonyl (C=O) groups is 4. The maximum Gasteiger partial charge on any atom is 0.251 e. The molecule has 4 aromatic rings. The van der Waals surface area contributed by atoms with Crippen LogP contribution in [0.2, 0.25) is 0 Å². The Labute approximate surface area is 337 Å². The predicted octanol–water partition coefficient (Wildman–Crippen LogP) is 4.78. The van der Waals surface area contributed by atoms with Gasteiger partial charge in [-0.2, -0.15) is 0 Å². The summed E-state index contributed by atoms with van der Waals surface area (Å²) in [4.78, 5) is 54.6. The zero-order valence-corrected chi connectivity index (χ0v) is 34.4. The van der Waals surface area contributed by atoms with Crippen LogP contribution < -0.4 is 30.9 Å². The summed E-state index contributed by atoms with van der Waals surface area (Å²) in [5.74, 6) is -1.77. The standard InChI is InChI=1S/C44H56N6O6S/c1-7-45-44(54)40(30(2)3)49-43(53)39(24-23-32-17-11-8-12-18-32)46-29-37(25-33-19-13-9-14-20-33)48-42(52)36-26-35(27-38(28-36)50(5)57(6,55)56)41(51)47-31(4)34-21-15-10-16-22-34/h8-22,26-28,30-31,37,39-40,46H,7,23-25,29H2,1-6H3,(H,45,54)(H,47,51)(H,48,52)(H,49,53)/t31-,37+,39+,40+/m1/s1. The van der Waals surface area contributed by atoms with Crippen molar-refractivity contribution >= 4 is 39.3 Å². The first-order valence-electron chi connectivity index (χ1n) is 19.3. The highest BCUT2D eigenvalue weighted by molar-refractivity contribution is 7.92. The average Bonchev–Trinajstić information content (AvgIpc) is 3.19. The Morgan fingerprint density at radius 1 is 0.702 bits per heavy atom. The van der Waals surface area contributed by atoms with Gasteiger partial charge in [0.15, 0.2) is 0 Å². The van der Waals surface area contributed by atoms with Crippen molar-refractivity contribution < 1.29 is 27.6 Å². The fraction of sp³-hybridized carbons (Fsp3) is 0.364. The largest absolute Gasteiger partial charge is 0.355 e. The van der Waals surface area contributed by atoms with Gasteiger partial charge in [-0.05, 0) is 73.9 Å². The summed E-state index contributed by atoms with van der Waals surface area (Å²) in [6, 6.07) is 30.7. The van der Waals surface area contributed by atoms with Gasteiger partial charge in [0.2, 0.25) is 21.8 Å². The molecule has 5 N–H and O–H groups in total. The number of nitrogens with zero attached hydrogens (tertiary/aromatic N) is 1. The van der Waals surface area contributed by atoms with Gasteiger partial charge in [0.25, 0.3) is 11.8 Å². The first kappa shape index (κ1) is 44.2. The summed E-state index contributed by atoms with van der Waals surface area (Å²) in [6.45, 7) is 8.02. The Morgan fingerprint density at radius 3 is 1.79 bits per heavy atom. The molecule has 0 saturated heterocycles. The molecule has 0 aromatic heterocycles. The number of rotatable bonds is 20. The first-order valence-corrected chi connectivity index (χ1v) is 21.2. The Balaban J connectivity index is 1.63. The van der Waals surface area contributed by atoms with E-state index in [1.54, 1.807) is 0 Å². The van der Waals surface area contributed by atoms with Crippen LogP contribution in [0.3, 0.4) is 0 Å². The van der Waals surface area contributed by atoms with Crippen LogP contribution in [-0.4, -0.2) is 76.6 Å². The van der Waals surface area contributed by atoms with Crippen LogP contribution in [0, 0.1) is 5.92 Å². The number of anilines is 1. The molecule has 12 nitrogen and oxygen atoms in total. The molecule has 4 aromatic carbocycles. The van der Waals surface area contributed by atoms with Gasteiger partial charge in [0.1, 0.15) is 6.04 Å². The zero-order valence-electron chi connectivity index (χ0n) is 33.6. The van der Waals surface area contributed by atoms with Gasteiger partial charge >= 0.3 is 0 Å². The lowest BCUT2D eigenvalue weighted by Gasteiger charge is -2.27. The van der Waals surface area contributed by atoms with Crippen LogP contribution in [0.15, 0.2) is 109 Å². The van der Waals surface area contributed by atoms with Gasteiger partial charge in [-0.3, -0.25) is 23.5 Å². The van der Waals surface area contributed by atoms with Crippen molar-refractivity contribution in [3.63, 3.8) is 0 Å². The van der Waals surface area contributed by atoms with Crippen molar-refractivity contribution in [1.29, 1.82) is 0 Å². The van der Waals surface area contributed by atoms with Gasteiger partial charge in [0.05, 0.1) is 24.0 Å². The van der Waals surface area contributed by atoms with Gasteiger partial charge < -0.3 is 26.6 Å². The molecular weight excluding hydrogens is 741 g/mol. The second-order valence-electron chi connectivity index (χ2n) is 14.6. The number of hydrogen-bond acceptors (Lipinski definition) is 7. The number of nitrogens with one attached hydrogen (secondary N) is 5. The van der Waals surface area contributed by atoms with E-state index in [4.69, 9.17) is 0 Å². The Bertz CT molecular complexity index is 2050. The lowest BCUT2D eigenvalue weighted by molar-refractivity contribution is -0.131. The molecule has 4 rings (SSSR count). The third-order valence-electron chi connectivity index (χ3n) is 9.70. The van der Waals surface area contributed by atoms with E-state index in [0.29, 0.717) is 25.8 Å². The van der Waals surface area contributed by atoms with E-state index in [0.717, 1.165) is 27.3 Å². The van der Waals surface area contributed by atoms with Gasteiger partial charge in [-0.1, -0.05) is 105 Å². The molecule has 0 aliphatic rings. The van der Waals surface area contributed by atoms with Crippen LogP contribution in [0.25, 0.3) is 0 Å². The lowest BCUT2D eigenvalue weighted by atomic mass is 10.00. The number of benzene rings is 4. The van der Waals surface area contributed by atoms with Crippen molar-refractivity contribution in [2.45, 2.75) is 71.1 Å². The van der Waals surface area contributed by atoms with E-state index < -0.39 is 40.0 Å². The van der Waals surface area contributed by atoms with Crippen LogP contribution in [0.4, 0.5) is 5.69 Å². The molecular formula is C44H56N6O6S. The molecule has 0 aliphatic heterocycles. The number of aryl methyl sites for hydroxylation is 1. The Kier molecular flexibility index (Phi) is 16.4. The van der Waals surface area contributed by atoms with E-state index in [-0.39, 0.29) is 47.1 Å². The normalized spacial score (nSPS) is 13.5. The summed E-state index contributed by atoms with van der Waals surface area (Å²) in [5, 5.41) is 15.2. The SMILES string of the molecule is CCNC(=O)[C@@H](NC(=O)[C@H](CCc1ccccc1)NC[C@H](Cc1ccccc1)NC(=O)c1cc(C(=O)N[C@H](C)c2ccccc2)cc(N(C)S(C)(=O)=O)c1)C(C)C. The number of likely N-dealkylation sites (N-methyl/N-ethyl adjacent to an activating group) is 1. The highest BCUT2D eigenvalue weighted by atomic mass is 32.2. The lowest BCUT2D eigenvalue weighted by Crippen LogP contribution is -2.56. The molecule has 13 heteroatoms. The second-order valence-corrected chi connectivity index (χ2v) is 16.6. The average molecular weight is 797 g/mol. The fourth-order valence-corrected chi connectivity index (χ4v) is 6.82. The molecule has 4 atom stereocenters. The molecule has 0 aliphatic carbocycles. The molecule has 0 fully saturated rings. The molecule has 0 radical (unpaired) electrons. The molecule has 57 heavy (non-hydrogen) atoms. The summed E-state index contributed by atoms with van der Waals surface area (Å²) in [5.41, 5.74) is 3.20. The summed E-state index contributed by atoms with van der Waals surface area (Å²) in [6.07, 6.45) is 2.44. The van der Waals surface area contributed by atoms with Gasteiger partial charge in [-0.15, -0.1) is 0 Å². The van der Waals surface area contributed by atoms with Crippen LogP contribution in [0.5, 0.6) is 0 Å². The smallest absolute Gasteiger partial charge is 0.251 e. The summed E-state index contributed by atoms with van der Waals surface area (Å²) in [7, 11) is -2.39. The predicted molar refractivity (Wildman–Crippen MR) is 225 cm³/mol. The Morgan fingerprint density at radius 2 is 1.25 bits per heavy atom. The van der Waals surface area contributed by atoms with Gasteiger partial charge in [0, 0.05) is 37.3 Å². The van der Waals surface area contributed by atoms with Crippen molar-refractivity contribution in [3.8, 4) is 0 Å². The van der Waals surface area contributed by atoms with Crippen LogP contribution >= 0.6 is 0 Å². The van der Waals surface area contributed by atoms with E-state index in [1.807, 2.05) is 119 Å². The first-order chi connectivity index (χ1) is 27.2. The van der Waals surface area contributed by atoms with E-state index in [2.05, 4.69) is 26.6 Å². The van der Waals surface area contributed by atoms with Crippen molar-refractivity contribution in [3.05, 3.63) is 137 Å². The topological polar surface area (TPSA) is 166 Å². The molecule has 0 heterocycles. The number of amides is 4. The van der Waals surface area contributed by atoms with E-state index in [9.17, 15) is 27.6 Å². The minimum Gasteiger partial charge on any atom is -0.355 e. The number of hydrogen-bond donors (Lipinski definition) is 5. The third kappa shape index (κ3) is 13.6. The quantitative estimate of drug-likeness (QED) is 0.0859. The summed E-state index contributed by atoms with van der Waals surface area (Å²) < 4.78 is 26.3. The van der Waals surface area contributed by atoms with Crippen molar-refractivity contribution in [2.24, 2.45) is 5.92 Å². The molecule has 0 bridgehead atoms. The minimum absolute atomic E-state index is 0.0821. The number of carbonyl (C=O) groups excluding carboxylic acids is 4. The maximum absolute atomic E-state index is 14.2. The van der Waals surface area contributed by atoms with Crippen molar-refractivity contribution in [2.75, 3.05) is 30.7 Å².